The van der Waals surface area contributed by atoms with Crippen molar-refractivity contribution in [3.63, 3.8) is 0 Å². The molecule has 2 amide bonds. The predicted octanol–water partition coefficient (Wildman–Crippen LogP) is 1.75. The van der Waals surface area contributed by atoms with Crippen LogP contribution in [0.3, 0.4) is 0 Å². The highest BCUT2D eigenvalue weighted by Gasteiger charge is 2.38. The molecule has 9 heteroatoms. The summed E-state index contributed by atoms with van der Waals surface area (Å²) in [4.78, 5) is 28.3. The van der Waals surface area contributed by atoms with Crippen LogP contribution in [0.4, 0.5) is 5.69 Å². The lowest BCUT2D eigenvalue weighted by Crippen LogP contribution is -2.29. The first-order chi connectivity index (χ1) is 12.6. The molecule has 2 heterocycles. The molecule has 0 unspecified atom stereocenters. The summed E-state index contributed by atoms with van der Waals surface area (Å²) in [6.07, 6.45) is 8.36. The van der Waals surface area contributed by atoms with Gasteiger partial charge in [0.25, 0.3) is 11.8 Å². The van der Waals surface area contributed by atoms with E-state index in [0.717, 1.165) is 0 Å². The Morgan fingerprint density at radius 1 is 1.19 bits per heavy atom. The topological polar surface area (TPSA) is 124 Å². The number of amides is 2. The lowest BCUT2D eigenvalue weighted by atomic mass is 10.0. The number of carbonyl (C=O) groups is 2. The summed E-state index contributed by atoms with van der Waals surface area (Å²) in [7, 11) is 0. The van der Waals surface area contributed by atoms with Gasteiger partial charge in [0.15, 0.2) is 5.66 Å². The van der Waals surface area contributed by atoms with E-state index in [4.69, 9.17) is 6.42 Å². The Labute approximate surface area is 149 Å². The van der Waals surface area contributed by atoms with Crippen LogP contribution in [0.15, 0.2) is 40.8 Å². The van der Waals surface area contributed by atoms with Crippen LogP contribution in [0.5, 0.6) is 0 Å². The van der Waals surface area contributed by atoms with Crippen LogP contribution in [0.1, 0.15) is 40.2 Å². The monoisotopic (exact) mass is 351 g/mol. The number of nitrogens with zero attached hydrogens (tertiary/aromatic N) is 4. The number of terminal acetylenes is 1. The summed E-state index contributed by atoms with van der Waals surface area (Å²) in [5.41, 5.74) is 0.289. The van der Waals surface area contributed by atoms with Crippen LogP contribution < -0.4 is 10.6 Å². The average molecular weight is 351 g/mol. The second-order valence-corrected chi connectivity index (χ2v) is 5.73. The maximum Gasteiger partial charge on any atom is 0.293 e. The molecule has 132 valence electrons. The van der Waals surface area contributed by atoms with E-state index in [1.807, 2.05) is 0 Å². The lowest BCUT2D eigenvalue weighted by molar-refractivity contribution is 0.0953. The van der Waals surface area contributed by atoms with Crippen LogP contribution >= 0.6 is 0 Å². The minimum absolute atomic E-state index is 0.0626. The summed E-state index contributed by atoms with van der Waals surface area (Å²) in [6, 6.07) is 6.72. The van der Waals surface area contributed by atoms with Crippen molar-refractivity contribution in [2.45, 2.75) is 24.9 Å². The van der Waals surface area contributed by atoms with Gasteiger partial charge in [-0.3, -0.25) is 14.7 Å². The van der Waals surface area contributed by atoms with Gasteiger partial charge in [0.05, 0.1) is 11.3 Å². The molecule has 0 fully saturated rings. The highest BCUT2D eigenvalue weighted by atomic mass is 16.2. The number of rotatable bonds is 8. The first-order valence-electron chi connectivity index (χ1n) is 8.05. The van der Waals surface area contributed by atoms with Gasteiger partial charge in [-0.05, 0) is 12.1 Å². The Bertz CT molecular complexity index is 861. The first kappa shape index (κ1) is 17.3. The number of H-pyrrole nitrogens is 1. The fourth-order valence-electron chi connectivity index (χ4n) is 2.43. The molecule has 1 aromatic carbocycles. The summed E-state index contributed by atoms with van der Waals surface area (Å²) < 4.78 is 0. The molecule has 0 bridgehead atoms. The molecular weight excluding hydrogens is 334 g/mol. The summed E-state index contributed by atoms with van der Waals surface area (Å²) in [5, 5.41) is 19.6. The van der Waals surface area contributed by atoms with E-state index < -0.39 is 11.6 Å². The van der Waals surface area contributed by atoms with Gasteiger partial charge >= 0.3 is 0 Å². The third-order valence-corrected chi connectivity index (χ3v) is 3.91. The van der Waals surface area contributed by atoms with E-state index in [-0.39, 0.29) is 11.7 Å². The van der Waals surface area contributed by atoms with Gasteiger partial charge in [0.1, 0.15) is 6.33 Å². The Kier molecular flexibility index (Phi) is 5.03. The fraction of sp³-hybridized carbons (Fsp3) is 0.294. The zero-order chi connectivity index (χ0) is 18.4. The van der Waals surface area contributed by atoms with Crippen LogP contribution in [-0.2, 0) is 0 Å². The van der Waals surface area contributed by atoms with Crippen molar-refractivity contribution in [2.75, 3.05) is 11.9 Å². The molecule has 0 atom stereocenters. The highest BCUT2D eigenvalue weighted by molar-refractivity contribution is 6.07. The van der Waals surface area contributed by atoms with Crippen molar-refractivity contribution < 1.29 is 9.59 Å². The van der Waals surface area contributed by atoms with E-state index in [1.54, 1.807) is 24.3 Å². The van der Waals surface area contributed by atoms with Crippen LogP contribution in [0.2, 0.25) is 0 Å². The molecule has 3 rings (SSSR count). The molecule has 3 N–H and O–H groups in total. The maximum atomic E-state index is 12.5. The third-order valence-electron chi connectivity index (χ3n) is 3.91. The predicted molar refractivity (Wildman–Crippen MR) is 93.4 cm³/mol. The zero-order valence-corrected chi connectivity index (χ0v) is 13.9. The Balaban J connectivity index is 1.58. The third kappa shape index (κ3) is 4.10. The Morgan fingerprint density at radius 2 is 2.00 bits per heavy atom. The van der Waals surface area contributed by atoms with E-state index in [9.17, 15) is 9.59 Å². The van der Waals surface area contributed by atoms with Crippen molar-refractivity contribution in [3.8, 4) is 12.3 Å². The van der Waals surface area contributed by atoms with E-state index in [1.165, 1.54) is 6.33 Å². The normalized spacial score (nSPS) is 13.7. The van der Waals surface area contributed by atoms with Gasteiger partial charge in [-0.15, -0.1) is 12.3 Å². The number of para-hydroxylation sites is 1. The summed E-state index contributed by atoms with van der Waals surface area (Å²) >= 11 is 0. The number of hydrogen-bond acceptors (Lipinski definition) is 6. The second-order valence-electron chi connectivity index (χ2n) is 5.73. The lowest BCUT2D eigenvalue weighted by Gasteiger charge is -2.12. The molecule has 9 nitrogen and oxygen atoms in total. The van der Waals surface area contributed by atoms with Gasteiger partial charge < -0.3 is 10.6 Å². The number of nitrogens with one attached hydrogen (secondary N) is 3. The quantitative estimate of drug-likeness (QED) is 0.627. The minimum Gasteiger partial charge on any atom is -0.352 e. The number of aromatic nitrogens is 3. The molecule has 0 saturated carbocycles. The molecule has 0 saturated heterocycles. The molecule has 0 aliphatic carbocycles. The van der Waals surface area contributed by atoms with Crippen molar-refractivity contribution in [1.82, 2.24) is 20.5 Å². The summed E-state index contributed by atoms with van der Waals surface area (Å²) in [6.45, 7) is 0.404. The van der Waals surface area contributed by atoms with Crippen LogP contribution in [0.25, 0.3) is 0 Å². The van der Waals surface area contributed by atoms with Gasteiger partial charge in [0, 0.05) is 25.8 Å². The molecule has 1 aliphatic heterocycles. The number of hydrogen-bond donors (Lipinski definition) is 3. The SMILES string of the molecule is C#CCCC1(CCNC(=O)c2ccccc2NC(=O)c2ncn[nH]2)N=N1. The number of benzene rings is 1. The molecule has 1 aromatic heterocycles. The van der Waals surface area contributed by atoms with E-state index >= 15 is 0 Å². The largest absolute Gasteiger partial charge is 0.352 e. The van der Waals surface area contributed by atoms with Crippen molar-refractivity contribution in [2.24, 2.45) is 10.2 Å². The van der Waals surface area contributed by atoms with Gasteiger partial charge in [-0.25, -0.2) is 4.98 Å². The molecule has 0 radical (unpaired) electrons. The molecule has 1 aliphatic rings. The summed E-state index contributed by atoms with van der Waals surface area (Å²) in [5.74, 6) is 1.85. The number of aromatic amines is 1. The highest BCUT2D eigenvalue weighted by Crippen LogP contribution is 2.36. The van der Waals surface area contributed by atoms with Gasteiger partial charge in [-0.2, -0.15) is 15.3 Å². The minimum atomic E-state index is -0.480. The number of carbonyl (C=O) groups excluding carboxylic acids is 2. The molecular formula is C17H17N7O2. The van der Waals surface area contributed by atoms with Gasteiger partial charge in [0.2, 0.25) is 5.82 Å². The van der Waals surface area contributed by atoms with E-state index in [0.29, 0.717) is 37.1 Å². The number of anilines is 1. The van der Waals surface area contributed by atoms with Crippen molar-refractivity contribution >= 4 is 17.5 Å². The molecule has 2 aromatic rings. The Hall–Kier alpha value is -3.54. The smallest absolute Gasteiger partial charge is 0.293 e. The van der Waals surface area contributed by atoms with Gasteiger partial charge in [-0.1, -0.05) is 12.1 Å². The second kappa shape index (κ2) is 7.57. The average Bonchev–Trinajstić information content (AvgIpc) is 3.19. The molecule has 0 spiro atoms. The fourth-order valence-corrected chi connectivity index (χ4v) is 2.43. The van der Waals surface area contributed by atoms with Crippen molar-refractivity contribution in [3.05, 3.63) is 42.0 Å². The van der Waals surface area contributed by atoms with Crippen molar-refractivity contribution in [1.29, 1.82) is 0 Å². The first-order valence-corrected chi connectivity index (χ1v) is 8.05. The zero-order valence-electron chi connectivity index (χ0n) is 13.9. The van der Waals surface area contributed by atoms with Crippen LogP contribution in [-0.4, -0.2) is 39.2 Å². The standard InChI is InChI=1S/C17H17N7O2/c1-2-3-8-17(23-24-17)9-10-18-15(25)12-6-4-5-7-13(12)21-16(26)14-19-11-20-22-14/h1,4-7,11H,3,8-10H2,(H,18,25)(H,21,26)(H,19,20,22). The molecule has 26 heavy (non-hydrogen) atoms. The van der Waals surface area contributed by atoms with Crippen LogP contribution in [0, 0.1) is 12.3 Å². The maximum absolute atomic E-state index is 12.5. The van der Waals surface area contributed by atoms with E-state index in [2.05, 4.69) is 42.0 Å². The Morgan fingerprint density at radius 3 is 2.69 bits per heavy atom.